The van der Waals surface area contributed by atoms with E-state index in [0.29, 0.717) is 19.3 Å². The molecule has 2 N–H and O–H groups in total. The summed E-state index contributed by atoms with van der Waals surface area (Å²) in [6, 6.07) is 0. The summed E-state index contributed by atoms with van der Waals surface area (Å²) in [5.41, 5.74) is -1.05. The number of carbonyl (C=O) groups is 2. The highest BCUT2D eigenvalue weighted by atomic mass is 16.7. The Balaban J connectivity index is 1.55. The van der Waals surface area contributed by atoms with Crippen molar-refractivity contribution in [1.82, 2.24) is 0 Å². The van der Waals surface area contributed by atoms with Gasteiger partial charge >= 0.3 is 0 Å². The molecule has 9 atom stereocenters. The topological polar surface area (TPSA) is 93.1 Å². The zero-order valence-electron chi connectivity index (χ0n) is 18.7. The van der Waals surface area contributed by atoms with Crippen LogP contribution in [0.5, 0.6) is 0 Å². The molecule has 0 radical (unpaired) electrons. The Labute approximate surface area is 183 Å². The van der Waals surface area contributed by atoms with Gasteiger partial charge in [-0.05, 0) is 56.1 Å². The van der Waals surface area contributed by atoms with Crippen LogP contribution >= 0.6 is 0 Å². The molecule has 0 aromatic carbocycles. The van der Waals surface area contributed by atoms with Crippen LogP contribution in [0.25, 0.3) is 0 Å². The predicted molar refractivity (Wildman–Crippen MR) is 113 cm³/mol. The maximum Gasteiger partial charge on any atom is 0.193 e. The van der Waals surface area contributed by atoms with Gasteiger partial charge in [-0.2, -0.15) is 0 Å². The summed E-state index contributed by atoms with van der Waals surface area (Å²) in [6.07, 6.45) is 8.31. The lowest BCUT2D eigenvalue weighted by atomic mass is 9.46. The fraction of sp³-hybridized carbons (Fsp3) is 0.760. The predicted octanol–water partition coefficient (Wildman–Crippen LogP) is 2.72. The first-order valence-corrected chi connectivity index (χ1v) is 11.8. The summed E-state index contributed by atoms with van der Waals surface area (Å²) in [6.45, 7) is 5.67. The second kappa shape index (κ2) is 7.08. The van der Waals surface area contributed by atoms with Crippen LogP contribution in [-0.4, -0.2) is 52.5 Å². The molecule has 5 aliphatic rings. The molecule has 6 heteroatoms. The van der Waals surface area contributed by atoms with E-state index in [2.05, 4.69) is 20.8 Å². The summed E-state index contributed by atoms with van der Waals surface area (Å²) in [7, 11) is 0. The summed E-state index contributed by atoms with van der Waals surface area (Å²) in [4.78, 5) is 25.2. The summed E-state index contributed by atoms with van der Waals surface area (Å²) >= 11 is 0. The molecule has 4 fully saturated rings. The van der Waals surface area contributed by atoms with E-state index in [4.69, 9.17) is 9.47 Å². The Morgan fingerprint density at radius 1 is 1.32 bits per heavy atom. The lowest BCUT2D eigenvalue weighted by Crippen LogP contribution is -2.63. The smallest absolute Gasteiger partial charge is 0.193 e. The average Bonchev–Trinajstić information content (AvgIpc) is 3.20. The molecule has 0 aromatic rings. The largest absolute Gasteiger partial charge is 0.393 e. The first kappa shape index (κ1) is 21.5. The molecule has 1 aliphatic heterocycles. The highest BCUT2D eigenvalue weighted by Crippen LogP contribution is 2.69. The molecule has 4 aliphatic carbocycles. The molecule has 170 valence electrons. The highest BCUT2D eigenvalue weighted by molar-refractivity contribution is 6.01. The summed E-state index contributed by atoms with van der Waals surface area (Å²) in [5.74, 6) is 0.0274. The second-order valence-corrected chi connectivity index (χ2v) is 10.7. The number of rotatable bonds is 4. The number of fused-ring (bicyclic) bond motifs is 7. The molecule has 0 unspecified atom stereocenters. The Morgan fingerprint density at radius 3 is 2.81 bits per heavy atom. The van der Waals surface area contributed by atoms with Gasteiger partial charge in [0.05, 0.1) is 12.2 Å². The van der Waals surface area contributed by atoms with Crippen molar-refractivity contribution >= 4 is 11.6 Å². The Kier molecular flexibility index (Phi) is 4.91. The van der Waals surface area contributed by atoms with Gasteiger partial charge < -0.3 is 19.7 Å². The molecule has 5 rings (SSSR count). The number of ketones is 2. The minimum absolute atomic E-state index is 0.0125. The van der Waals surface area contributed by atoms with E-state index >= 15 is 0 Å². The van der Waals surface area contributed by atoms with Gasteiger partial charge in [-0.3, -0.25) is 9.59 Å². The van der Waals surface area contributed by atoms with Gasteiger partial charge in [0.25, 0.3) is 0 Å². The first-order valence-electron chi connectivity index (χ1n) is 11.8. The van der Waals surface area contributed by atoms with Gasteiger partial charge in [-0.1, -0.05) is 38.8 Å². The molecule has 1 heterocycles. The van der Waals surface area contributed by atoms with Crippen LogP contribution in [-0.2, 0) is 19.1 Å². The van der Waals surface area contributed by atoms with Crippen molar-refractivity contribution in [2.45, 2.75) is 83.4 Å². The summed E-state index contributed by atoms with van der Waals surface area (Å²) in [5, 5.41) is 21.4. The Hall–Kier alpha value is -1.34. The number of hydrogen-bond acceptors (Lipinski definition) is 6. The number of allylic oxidation sites excluding steroid dienone is 4. The van der Waals surface area contributed by atoms with Gasteiger partial charge in [0.15, 0.2) is 23.5 Å². The Bertz CT molecular complexity index is 862. The molecule has 31 heavy (non-hydrogen) atoms. The summed E-state index contributed by atoms with van der Waals surface area (Å²) < 4.78 is 12.7. The minimum atomic E-state index is -1.20. The van der Waals surface area contributed by atoms with Crippen molar-refractivity contribution in [3.05, 3.63) is 23.8 Å². The van der Waals surface area contributed by atoms with Crippen LogP contribution in [0.15, 0.2) is 23.8 Å². The van der Waals surface area contributed by atoms with Gasteiger partial charge in [-0.15, -0.1) is 0 Å². The highest BCUT2D eigenvalue weighted by Gasteiger charge is 2.75. The lowest BCUT2D eigenvalue weighted by Gasteiger charge is -2.59. The van der Waals surface area contributed by atoms with E-state index in [0.717, 1.165) is 24.8 Å². The van der Waals surface area contributed by atoms with E-state index < -0.39 is 36.1 Å². The van der Waals surface area contributed by atoms with Crippen molar-refractivity contribution in [1.29, 1.82) is 0 Å². The first-order chi connectivity index (χ1) is 14.7. The lowest BCUT2D eigenvalue weighted by molar-refractivity contribution is -0.200. The monoisotopic (exact) mass is 430 g/mol. The molecule has 1 saturated heterocycles. The molecular formula is C25H34O6. The maximum absolute atomic E-state index is 13.2. The fourth-order valence-corrected chi connectivity index (χ4v) is 8.12. The van der Waals surface area contributed by atoms with Crippen molar-refractivity contribution in [2.24, 2.45) is 28.6 Å². The number of ether oxygens (including phenoxy) is 2. The number of aliphatic hydroxyl groups excluding tert-OH is 2. The van der Waals surface area contributed by atoms with Crippen LogP contribution < -0.4 is 0 Å². The standard InChI is InChI=1S/C25H34O6/c1-4-5-21-30-20-11-17-16-7-6-14-10-15(27)8-9-23(14,2)22(16)18(28)12-24(17,3)25(20,31-21)19(29)13-26/h8-10,16-18,20-22,26,28H,4-7,11-13H2,1-3H3/t16-,17-,18-,20+,21-,22+,23-,24-,25+/m1/s1. The third-order valence-corrected chi connectivity index (χ3v) is 9.37. The van der Waals surface area contributed by atoms with E-state index in [1.54, 1.807) is 12.2 Å². The molecule has 0 aromatic heterocycles. The van der Waals surface area contributed by atoms with E-state index in [9.17, 15) is 19.8 Å². The second-order valence-electron chi connectivity index (χ2n) is 10.7. The molecule has 0 amide bonds. The van der Waals surface area contributed by atoms with Gasteiger partial charge in [0.1, 0.15) is 6.61 Å². The van der Waals surface area contributed by atoms with Crippen LogP contribution in [0.1, 0.15) is 59.3 Å². The van der Waals surface area contributed by atoms with Crippen LogP contribution in [0.2, 0.25) is 0 Å². The van der Waals surface area contributed by atoms with Gasteiger partial charge in [0, 0.05) is 16.7 Å². The SMILES string of the molecule is CCC[C@@H]1O[C@H]2C[C@@H]3[C@H]4CCC5=CC(=O)C=C[C@@]5(C)[C@@H]4[C@H](O)C[C@@]3(C)[C@@]2(C(=O)CO)O1. The van der Waals surface area contributed by atoms with E-state index in [-0.39, 0.29) is 34.7 Å². The van der Waals surface area contributed by atoms with Crippen molar-refractivity contribution < 1.29 is 29.3 Å². The molecule has 3 saturated carbocycles. The third-order valence-electron chi connectivity index (χ3n) is 9.37. The van der Waals surface area contributed by atoms with E-state index in [1.165, 1.54) is 0 Å². The van der Waals surface area contributed by atoms with Gasteiger partial charge in [0.2, 0.25) is 0 Å². The van der Waals surface area contributed by atoms with Crippen molar-refractivity contribution in [3.63, 3.8) is 0 Å². The zero-order valence-corrected chi connectivity index (χ0v) is 18.7. The van der Waals surface area contributed by atoms with Crippen LogP contribution in [0, 0.1) is 28.6 Å². The number of aliphatic hydroxyl groups is 2. The fourth-order valence-electron chi connectivity index (χ4n) is 8.12. The third kappa shape index (κ3) is 2.65. The van der Waals surface area contributed by atoms with E-state index in [1.807, 2.05) is 6.08 Å². The number of Topliss-reactive ketones (excluding diaryl/α,β-unsaturated/α-hetero) is 1. The average molecular weight is 431 g/mol. The van der Waals surface area contributed by atoms with Crippen molar-refractivity contribution in [2.75, 3.05) is 6.61 Å². The molecule has 0 bridgehead atoms. The minimum Gasteiger partial charge on any atom is -0.393 e. The van der Waals surface area contributed by atoms with Crippen molar-refractivity contribution in [3.8, 4) is 0 Å². The van der Waals surface area contributed by atoms with Crippen LogP contribution in [0.3, 0.4) is 0 Å². The zero-order chi connectivity index (χ0) is 22.2. The Morgan fingerprint density at radius 2 is 2.10 bits per heavy atom. The molecule has 6 nitrogen and oxygen atoms in total. The number of carbonyl (C=O) groups excluding carboxylic acids is 2. The van der Waals surface area contributed by atoms with Crippen LogP contribution in [0.4, 0.5) is 0 Å². The normalized spacial score (nSPS) is 50.4. The maximum atomic E-state index is 13.2. The molecule has 0 spiro atoms. The number of hydrogen-bond donors (Lipinski definition) is 2. The quantitative estimate of drug-likeness (QED) is 0.712. The molecular weight excluding hydrogens is 396 g/mol. The van der Waals surface area contributed by atoms with Gasteiger partial charge in [-0.25, -0.2) is 0 Å².